The van der Waals surface area contributed by atoms with Gasteiger partial charge in [-0.15, -0.1) is 0 Å². The van der Waals surface area contributed by atoms with E-state index in [4.69, 9.17) is 15.2 Å². The number of hydrogen-bond acceptors (Lipinski definition) is 9. The normalized spacial score (nSPS) is 17.2. The summed E-state index contributed by atoms with van der Waals surface area (Å²) in [6.07, 6.45) is 2.50. The number of aliphatic hydroxyl groups excluding tert-OH is 1. The van der Waals surface area contributed by atoms with Crippen molar-refractivity contribution in [2.45, 2.75) is 97.9 Å². The lowest BCUT2D eigenvalue weighted by Crippen LogP contribution is -2.58. The smallest absolute Gasteiger partial charge is 0.407 e. The molecular weight excluding hydrogens is 578 g/mol. The molecule has 1 aliphatic rings. The van der Waals surface area contributed by atoms with E-state index in [2.05, 4.69) is 16.1 Å². The summed E-state index contributed by atoms with van der Waals surface area (Å²) in [5.74, 6) is -2.33. The van der Waals surface area contributed by atoms with Crippen LogP contribution in [0.4, 0.5) is 9.59 Å². The molecule has 2 rings (SSSR count). The van der Waals surface area contributed by atoms with Crippen molar-refractivity contribution in [2.75, 3.05) is 26.3 Å². The minimum atomic E-state index is -1.32. The number of ether oxygens (including phenoxy) is 2. The molecule has 45 heavy (non-hydrogen) atoms. The fourth-order valence-electron chi connectivity index (χ4n) is 5.81. The molecule has 1 aliphatic carbocycles. The Hall–Kier alpha value is -3.22. The van der Waals surface area contributed by atoms with Crippen LogP contribution >= 0.6 is 0 Å². The van der Waals surface area contributed by atoms with E-state index in [9.17, 15) is 24.3 Å². The summed E-state index contributed by atoms with van der Waals surface area (Å²) in [5.41, 5.74) is 10.3. The Morgan fingerprint density at radius 3 is 1.93 bits per heavy atom. The molecule has 2 unspecified atom stereocenters. The van der Waals surface area contributed by atoms with Crippen LogP contribution in [0.3, 0.4) is 0 Å². The van der Waals surface area contributed by atoms with Gasteiger partial charge in [-0.3, -0.25) is 15.0 Å². The first-order valence-electron chi connectivity index (χ1n) is 16.3. The fraction of sp³-hybridized carbons (Fsp3) is 0.697. The van der Waals surface area contributed by atoms with E-state index in [-0.39, 0.29) is 37.5 Å². The third kappa shape index (κ3) is 12.2. The highest BCUT2D eigenvalue weighted by Gasteiger charge is 2.40. The number of ketones is 1. The standard InChI is InChI=1S/C33H55N5O7/c1-7-44-32(42)35-28(21(3)4)30(40)26(27(34)24-17-13-10-14-18-24)25(39)20-38(19-23-15-11-9-12-16-23)37-31(41)29(22(5)6)36-33(43)45-8-2/h10,13-14,17-18,21-23,25-29,39H,7-9,11-12,15-16,19-20,34H2,1-6H3,(H,35,42)(H,36,43)(H,37,41)/t25-,26?,27?,28-,29-/m0/s1. The molecule has 0 spiro atoms. The van der Waals surface area contributed by atoms with Gasteiger partial charge in [0.05, 0.1) is 31.3 Å². The lowest BCUT2D eigenvalue weighted by atomic mass is 9.80. The van der Waals surface area contributed by atoms with E-state index >= 15 is 0 Å². The number of hydrazine groups is 1. The second-order valence-electron chi connectivity index (χ2n) is 12.5. The minimum absolute atomic E-state index is 0.104. The molecule has 12 nitrogen and oxygen atoms in total. The molecule has 1 saturated carbocycles. The number of hydrogen-bond donors (Lipinski definition) is 5. The largest absolute Gasteiger partial charge is 0.450 e. The topological polar surface area (TPSA) is 172 Å². The number of rotatable bonds is 17. The Bertz CT molecular complexity index is 1060. The molecular formula is C33H55N5O7. The van der Waals surface area contributed by atoms with Crippen molar-refractivity contribution < 1.29 is 33.8 Å². The van der Waals surface area contributed by atoms with Crippen molar-refractivity contribution >= 4 is 23.9 Å². The van der Waals surface area contributed by atoms with Gasteiger partial charge < -0.3 is 30.9 Å². The van der Waals surface area contributed by atoms with Crippen LogP contribution in [0.15, 0.2) is 30.3 Å². The SMILES string of the molecule is CCOC(=O)N[C@H](C(=O)NN(CC1CCCCC1)C[C@H](O)C(C(=O)[C@@H](NC(=O)OCC)C(C)C)C(N)c1ccccc1)C(C)C. The van der Waals surface area contributed by atoms with E-state index in [1.807, 2.05) is 19.9 Å². The monoisotopic (exact) mass is 633 g/mol. The van der Waals surface area contributed by atoms with Crippen LogP contribution in [0.1, 0.15) is 85.3 Å². The molecule has 0 radical (unpaired) electrons. The Kier molecular flexibility index (Phi) is 16.3. The highest BCUT2D eigenvalue weighted by molar-refractivity contribution is 5.90. The third-order valence-corrected chi connectivity index (χ3v) is 8.21. The van der Waals surface area contributed by atoms with Crippen molar-refractivity contribution in [1.29, 1.82) is 0 Å². The van der Waals surface area contributed by atoms with Crippen molar-refractivity contribution in [2.24, 2.45) is 29.4 Å². The van der Waals surface area contributed by atoms with E-state index in [1.165, 1.54) is 0 Å². The number of nitrogens with zero attached hydrogens (tertiary/aromatic N) is 1. The van der Waals surface area contributed by atoms with E-state index < -0.39 is 54.0 Å². The second-order valence-corrected chi connectivity index (χ2v) is 12.5. The van der Waals surface area contributed by atoms with Gasteiger partial charge in [0.25, 0.3) is 5.91 Å². The summed E-state index contributed by atoms with van der Waals surface area (Å²) in [4.78, 5) is 52.3. The summed E-state index contributed by atoms with van der Waals surface area (Å²) < 4.78 is 10.0. The summed E-state index contributed by atoms with van der Waals surface area (Å²) >= 11 is 0. The minimum Gasteiger partial charge on any atom is -0.450 e. The number of benzene rings is 1. The van der Waals surface area contributed by atoms with E-state index in [1.54, 1.807) is 57.0 Å². The molecule has 0 aromatic heterocycles. The van der Waals surface area contributed by atoms with Crippen LogP contribution in [-0.4, -0.2) is 78.5 Å². The average molecular weight is 634 g/mol. The zero-order chi connectivity index (χ0) is 33.5. The number of Topliss-reactive ketones (excluding diaryl/α,β-unsaturated/α-hetero) is 1. The Labute approximate surface area is 268 Å². The van der Waals surface area contributed by atoms with Crippen molar-refractivity contribution in [1.82, 2.24) is 21.1 Å². The molecule has 5 atom stereocenters. The third-order valence-electron chi connectivity index (χ3n) is 8.21. The van der Waals surface area contributed by atoms with Crippen LogP contribution in [0.2, 0.25) is 0 Å². The maximum absolute atomic E-state index is 14.2. The number of alkyl carbamates (subject to hydrolysis) is 2. The average Bonchev–Trinajstić information content (AvgIpc) is 2.99. The first kappa shape index (κ1) is 38.0. The molecule has 12 heteroatoms. The number of aliphatic hydroxyl groups is 1. The number of amides is 3. The van der Waals surface area contributed by atoms with Gasteiger partial charge in [0, 0.05) is 19.1 Å². The molecule has 1 aromatic rings. The molecule has 0 bridgehead atoms. The molecule has 1 fully saturated rings. The predicted octanol–water partition coefficient (Wildman–Crippen LogP) is 3.69. The predicted molar refractivity (Wildman–Crippen MR) is 172 cm³/mol. The van der Waals surface area contributed by atoms with Gasteiger partial charge in [-0.1, -0.05) is 77.3 Å². The van der Waals surface area contributed by atoms with Gasteiger partial charge in [-0.25, -0.2) is 14.6 Å². The van der Waals surface area contributed by atoms with Gasteiger partial charge in [-0.2, -0.15) is 0 Å². The summed E-state index contributed by atoms with van der Waals surface area (Å²) in [6, 6.07) is 6.25. The van der Waals surface area contributed by atoms with Gasteiger partial charge in [0.2, 0.25) is 0 Å². The van der Waals surface area contributed by atoms with Crippen LogP contribution in [0, 0.1) is 23.7 Å². The zero-order valence-electron chi connectivity index (χ0n) is 27.8. The van der Waals surface area contributed by atoms with Crippen molar-refractivity contribution in [3.63, 3.8) is 0 Å². The Morgan fingerprint density at radius 2 is 1.42 bits per heavy atom. The lowest BCUT2D eigenvalue weighted by molar-refractivity contribution is -0.133. The summed E-state index contributed by atoms with van der Waals surface area (Å²) in [5, 5.41) is 18.8. The van der Waals surface area contributed by atoms with E-state index in [0.29, 0.717) is 12.1 Å². The number of carbonyl (C=O) groups is 4. The first-order chi connectivity index (χ1) is 21.4. The number of nitrogens with one attached hydrogen (secondary N) is 3. The van der Waals surface area contributed by atoms with Gasteiger partial charge in [-0.05, 0) is 50.0 Å². The van der Waals surface area contributed by atoms with Crippen molar-refractivity contribution in [3.05, 3.63) is 35.9 Å². The van der Waals surface area contributed by atoms with Gasteiger partial charge >= 0.3 is 12.2 Å². The van der Waals surface area contributed by atoms with Gasteiger partial charge in [0.15, 0.2) is 5.78 Å². The number of carbonyl (C=O) groups excluding carboxylic acids is 4. The quantitative estimate of drug-likeness (QED) is 0.160. The van der Waals surface area contributed by atoms with Crippen molar-refractivity contribution in [3.8, 4) is 0 Å². The zero-order valence-corrected chi connectivity index (χ0v) is 27.8. The maximum Gasteiger partial charge on any atom is 0.407 e. The molecule has 254 valence electrons. The van der Waals surface area contributed by atoms with Crippen LogP contribution in [-0.2, 0) is 19.1 Å². The van der Waals surface area contributed by atoms with Crippen LogP contribution < -0.4 is 21.8 Å². The lowest BCUT2D eigenvalue weighted by Gasteiger charge is -2.37. The Morgan fingerprint density at radius 1 is 0.889 bits per heavy atom. The maximum atomic E-state index is 14.2. The van der Waals surface area contributed by atoms with Crippen LogP contribution in [0.25, 0.3) is 0 Å². The molecule has 1 aromatic carbocycles. The summed E-state index contributed by atoms with van der Waals surface area (Å²) in [6.45, 7) is 11.2. The molecule has 0 saturated heterocycles. The van der Waals surface area contributed by atoms with Gasteiger partial charge in [0.1, 0.15) is 6.04 Å². The van der Waals surface area contributed by atoms with Crippen LogP contribution in [0.5, 0.6) is 0 Å². The molecule has 3 amide bonds. The highest BCUT2D eigenvalue weighted by atomic mass is 16.6. The number of nitrogens with two attached hydrogens (primary N) is 1. The molecule has 6 N–H and O–H groups in total. The first-order valence-corrected chi connectivity index (χ1v) is 16.3. The summed E-state index contributed by atoms with van der Waals surface area (Å²) in [7, 11) is 0. The molecule has 0 aliphatic heterocycles. The fourth-order valence-corrected chi connectivity index (χ4v) is 5.81. The van der Waals surface area contributed by atoms with E-state index in [0.717, 1.165) is 32.1 Å². The Balaban J connectivity index is 2.42. The highest BCUT2D eigenvalue weighted by Crippen LogP contribution is 2.28. The second kappa shape index (κ2) is 19.3. The molecule has 0 heterocycles.